The Hall–Kier alpha value is -3.73. The van der Waals surface area contributed by atoms with Gasteiger partial charge >= 0.3 is 0 Å². The monoisotopic (exact) mass is 470 g/mol. The maximum Gasteiger partial charge on any atom is 0.251 e. The van der Waals surface area contributed by atoms with Gasteiger partial charge < -0.3 is 20.1 Å². The molecule has 0 bridgehead atoms. The zero-order chi connectivity index (χ0) is 24.8. The van der Waals surface area contributed by atoms with Crippen molar-refractivity contribution in [2.45, 2.75) is 32.9 Å². The highest BCUT2D eigenvalue weighted by molar-refractivity contribution is 5.96. The molecule has 1 aliphatic heterocycles. The Kier molecular flexibility index (Phi) is 7.76. The van der Waals surface area contributed by atoms with Crippen molar-refractivity contribution in [3.05, 3.63) is 82.7 Å². The topological polar surface area (TPSA) is 96.3 Å². The summed E-state index contributed by atoms with van der Waals surface area (Å²) in [7, 11) is 0. The van der Waals surface area contributed by atoms with Gasteiger partial charge in [-0.25, -0.2) is 0 Å². The van der Waals surface area contributed by atoms with Crippen molar-refractivity contribution < 1.29 is 14.3 Å². The molecule has 2 heterocycles. The summed E-state index contributed by atoms with van der Waals surface area (Å²) in [5.41, 5.74) is 5.34. The molecule has 7 heteroatoms. The summed E-state index contributed by atoms with van der Waals surface area (Å²) in [4.78, 5) is 17.6. The molecule has 180 valence electrons. The number of rotatable bonds is 7. The second kappa shape index (κ2) is 11.1. The number of morpholine rings is 1. The third-order valence-corrected chi connectivity index (χ3v) is 6.00. The lowest BCUT2D eigenvalue weighted by molar-refractivity contribution is 0.000195. The predicted octanol–water partition coefficient (Wildman–Crippen LogP) is 4.10. The van der Waals surface area contributed by atoms with Crippen LogP contribution in [0.15, 0.2) is 54.7 Å². The summed E-state index contributed by atoms with van der Waals surface area (Å²) in [6.45, 7) is 8.34. The van der Waals surface area contributed by atoms with E-state index in [-0.39, 0.29) is 18.1 Å². The maximum absolute atomic E-state index is 13.3. The van der Waals surface area contributed by atoms with Crippen LogP contribution in [0.1, 0.15) is 45.7 Å². The standard InChI is InChI=1S/C28H30N4O3/c1-18-4-7-27(24(10-18)14-29)22-11-23(13-25(12-22)35-17-26-16-30-8-9-34-26)28(33)32-20(3)21-6-5-19(2)31-15-21/h4-7,10-13,15,20,26,30H,8-9,16-17H2,1-3H3,(H,32,33). The fourth-order valence-electron chi connectivity index (χ4n) is 3.99. The quantitative estimate of drug-likeness (QED) is 0.540. The third kappa shape index (κ3) is 6.24. The summed E-state index contributed by atoms with van der Waals surface area (Å²) < 4.78 is 11.8. The van der Waals surface area contributed by atoms with Crippen molar-refractivity contribution in [2.24, 2.45) is 0 Å². The molecular formula is C28H30N4O3. The summed E-state index contributed by atoms with van der Waals surface area (Å²) in [5.74, 6) is 0.321. The van der Waals surface area contributed by atoms with Crippen LogP contribution in [0, 0.1) is 25.2 Å². The van der Waals surface area contributed by atoms with Crippen LogP contribution in [0.25, 0.3) is 11.1 Å². The van der Waals surface area contributed by atoms with E-state index in [4.69, 9.17) is 9.47 Å². The van der Waals surface area contributed by atoms with Gasteiger partial charge in [0.15, 0.2) is 0 Å². The lowest BCUT2D eigenvalue weighted by Crippen LogP contribution is -2.41. The van der Waals surface area contributed by atoms with Gasteiger partial charge in [-0.3, -0.25) is 9.78 Å². The highest BCUT2D eigenvalue weighted by Gasteiger charge is 2.18. The fraction of sp³-hybridized carbons (Fsp3) is 0.321. The first-order chi connectivity index (χ1) is 16.9. The maximum atomic E-state index is 13.3. The van der Waals surface area contributed by atoms with Crippen LogP contribution in [-0.4, -0.2) is 43.3 Å². The number of hydrogen-bond donors (Lipinski definition) is 2. The zero-order valence-electron chi connectivity index (χ0n) is 20.3. The Morgan fingerprint density at radius 1 is 1.26 bits per heavy atom. The Balaban J connectivity index is 1.63. The van der Waals surface area contributed by atoms with Crippen LogP contribution in [0.5, 0.6) is 5.75 Å². The van der Waals surface area contributed by atoms with Crippen molar-refractivity contribution in [3.8, 4) is 22.9 Å². The summed E-state index contributed by atoms with van der Waals surface area (Å²) in [6, 6.07) is 17.0. The number of ether oxygens (including phenoxy) is 2. The number of nitrogens with one attached hydrogen (secondary N) is 2. The second-order valence-electron chi connectivity index (χ2n) is 8.84. The van der Waals surface area contributed by atoms with E-state index in [0.717, 1.165) is 34.5 Å². The van der Waals surface area contributed by atoms with E-state index in [1.165, 1.54) is 0 Å². The van der Waals surface area contributed by atoms with Crippen molar-refractivity contribution >= 4 is 5.91 Å². The number of pyridine rings is 1. The Bertz CT molecular complexity index is 1230. The fourth-order valence-corrected chi connectivity index (χ4v) is 3.99. The summed E-state index contributed by atoms with van der Waals surface area (Å²) in [5, 5.41) is 16.0. The smallest absolute Gasteiger partial charge is 0.251 e. The first-order valence-corrected chi connectivity index (χ1v) is 11.8. The van der Waals surface area contributed by atoms with Crippen LogP contribution < -0.4 is 15.4 Å². The molecule has 35 heavy (non-hydrogen) atoms. The van der Waals surface area contributed by atoms with Crippen LogP contribution >= 0.6 is 0 Å². The van der Waals surface area contributed by atoms with E-state index in [0.29, 0.717) is 36.6 Å². The summed E-state index contributed by atoms with van der Waals surface area (Å²) >= 11 is 0. The predicted molar refractivity (Wildman–Crippen MR) is 134 cm³/mol. The molecule has 1 amide bonds. The molecule has 1 saturated heterocycles. The number of nitrogens with zero attached hydrogens (tertiary/aromatic N) is 2. The number of benzene rings is 2. The van der Waals surface area contributed by atoms with Crippen molar-refractivity contribution in [1.29, 1.82) is 5.26 Å². The van der Waals surface area contributed by atoms with E-state index in [2.05, 4.69) is 21.7 Å². The van der Waals surface area contributed by atoms with Crippen LogP contribution in [0.3, 0.4) is 0 Å². The molecule has 0 radical (unpaired) electrons. The largest absolute Gasteiger partial charge is 0.491 e. The van der Waals surface area contributed by atoms with E-state index in [9.17, 15) is 10.1 Å². The molecule has 4 rings (SSSR count). The highest BCUT2D eigenvalue weighted by Crippen LogP contribution is 2.30. The Morgan fingerprint density at radius 2 is 2.11 bits per heavy atom. The number of carbonyl (C=O) groups is 1. The van der Waals surface area contributed by atoms with Gasteiger partial charge in [0.25, 0.3) is 5.91 Å². The number of hydrogen-bond acceptors (Lipinski definition) is 6. The molecule has 2 N–H and O–H groups in total. The lowest BCUT2D eigenvalue weighted by atomic mass is 9.96. The van der Waals surface area contributed by atoms with E-state index in [1.807, 2.05) is 57.2 Å². The van der Waals surface area contributed by atoms with Gasteiger partial charge in [-0.2, -0.15) is 5.26 Å². The third-order valence-electron chi connectivity index (χ3n) is 6.00. The molecule has 2 unspecified atom stereocenters. The molecule has 7 nitrogen and oxygen atoms in total. The SMILES string of the molecule is Cc1ccc(-c2cc(OCC3CNCCO3)cc(C(=O)NC(C)c3ccc(C)nc3)c2)c(C#N)c1. The second-order valence-corrected chi connectivity index (χ2v) is 8.84. The van der Waals surface area contributed by atoms with Crippen molar-refractivity contribution in [3.63, 3.8) is 0 Å². The number of aromatic nitrogens is 1. The van der Waals surface area contributed by atoms with Crippen molar-refractivity contribution in [1.82, 2.24) is 15.6 Å². The molecular weight excluding hydrogens is 440 g/mol. The number of nitriles is 1. The minimum Gasteiger partial charge on any atom is -0.491 e. The Morgan fingerprint density at radius 3 is 2.83 bits per heavy atom. The highest BCUT2D eigenvalue weighted by atomic mass is 16.5. The minimum atomic E-state index is -0.231. The van der Waals surface area contributed by atoms with Crippen LogP contribution in [0.4, 0.5) is 0 Å². The van der Waals surface area contributed by atoms with Gasteiger partial charge in [0.1, 0.15) is 18.5 Å². The van der Waals surface area contributed by atoms with E-state index < -0.39 is 0 Å². The first kappa shape index (κ1) is 24.4. The zero-order valence-corrected chi connectivity index (χ0v) is 20.3. The van der Waals surface area contributed by atoms with Crippen LogP contribution in [-0.2, 0) is 4.74 Å². The molecule has 0 aliphatic carbocycles. The molecule has 0 spiro atoms. The van der Waals surface area contributed by atoms with Gasteiger partial charge in [0, 0.05) is 30.5 Å². The van der Waals surface area contributed by atoms with Gasteiger partial charge in [0.05, 0.1) is 24.3 Å². The average molecular weight is 471 g/mol. The molecule has 2 atom stereocenters. The average Bonchev–Trinajstić information content (AvgIpc) is 2.88. The first-order valence-electron chi connectivity index (χ1n) is 11.8. The molecule has 1 aromatic heterocycles. The molecule has 1 fully saturated rings. The van der Waals surface area contributed by atoms with Gasteiger partial charge in [-0.05, 0) is 73.4 Å². The Labute approximate surface area is 206 Å². The van der Waals surface area contributed by atoms with E-state index in [1.54, 1.807) is 18.3 Å². The van der Waals surface area contributed by atoms with E-state index >= 15 is 0 Å². The number of amides is 1. The van der Waals surface area contributed by atoms with Crippen LogP contribution in [0.2, 0.25) is 0 Å². The van der Waals surface area contributed by atoms with Gasteiger partial charge in [-0.15, -0.1) is 0 Å². The molecule has 0 saturated carbocycles. The minimum absolute atomic E-state index is 0.0622. The summed E-state index contributed by atoms with van der Waals surface area (Å²) in [6.07, 6.45) is 1.71. The lowest BCUT2D eigenvalue weighted by Gasteiger charge is -2.24. The van der Waals surface area contributed by atoms with Gasteiger partial charge in [-0.1, -0.05) is 18.2 Å². The normalized spacial score (nSPS) is 16.2. The molecule has 1 aliphatic rings. The van der Waals surface area contributed by atoms with Gasteiger partial charge in [0.2, 0.25) is 0 Å². The molecule has 2 aromatic carbocycles. The van der Waals surface area contributed by atoms with Crippen molar-refractivity contribution in [2.75, 3.05) is 26.3 Å². The molecule has 3 aromatic rings. The number of aryl methyl sites for hydroxylation is 2. The number of carbonyl (C=O) groups excluding carboxylic acids is 1.